The van der Waals surface area contributed by atoms with E-state index in [-0.39, 0.29) is 19.0 Å². The molecule has 0 saturated heterocycles. The van der Waals surface area contributed by atoms with Gasteiger partial charge in [-0.1, -0.05) is 6.42 Å². The van der Waals surface area contributed by atoms with Crippen LogP contribution in [0.1, 0.15) is 19.3 Å². The van der Waals surface area contributed by atoms with Crippen molar-refractivity contribution >= 4 is 15.2 Å². The number of rotatable bonds is 12. The molecule has 9 nitrogen and oxygen atoms in total. The third kappa shape index (κ3) is 12.0. The van der Waals surface area contributed by atoms with E-state index in [4.69, 9.17) is 15.5 Å². The highest BCUT2D eigenvalue weighted by atomic mass is 31.2. The molecule has 8 N–H and O–H groups in total. The molecule has 0 aromatic rings. The molecule has 122 valence electrons. The quantitative estimate of drug-likeness (QED) is 0.175. The van der Waals surface area contributed by atoms with Crippen molar-refractivity contribution in [2.75, 3.05) is 32.3 Å². The van der Waals surface area contributed by atoms with E-state index in [0.29, 0.717) is 32.6 Å². The van der Waals surface area contributed by atoms with Gasteiger partial charge in [0.2, 0.25) is 0 Å². The van der Waals surface area contributed by atoms with E-state index in [0.717, 1.165) is 0 Å². The van der Waals surface area contributed by atoms with E-state index in [1.54, 1.807) is 0 Å². The number of nitrogens with one attached hydrogen (secondary N) is 2. The Balaban J connectivity index is 3.99. The summed E-state index contributed by atoms with van der Waals surface area (Å²) in [5, 5.41) is 5.74. The molecule has 0 heterocycles. The van der Waals surface area contributed by atoms with Gasteiger partial charge in [0.1, 0.15) is 5.78 Å². The van der Waals surface area contributed by atoms with Gasteiger partial charge < -0.3 is 35.9 Å². The van der Waals surface area contributed by atoms with Gasteiger partial charge in [0, 0.05) is 32.3 Å². The summed E-state index contributed by atoms with van der Waals surface area (Å²) in [4.78, 5) is 35.8. The lowest BCUT2D eigenvalue weighted by molar-refractivity contribution is 0.339. The molecule has 0 aromatic carbocycles. The normalized spacial score (nSPS) is 14.4. The molecule has 11 heteroatoms. The van der Waals surface area contributed by atoms with Crippen LogP contribution in [0.5, 0.6) is 0 Å². The first-order valence-corrected chi connectivity index (χ1v) is 9.88. The fraction of sp³-hybridized carbons (Fsp3) is 1.00. The zero-order valence-corrected chi connectivity index (χ0v) is 13.1. The summed E-state index contributed by atoms with van der Waals surface area (Å²) < 4.78 is 21.9. The van der Waals surface area contributed by atoms with Crippen molar-refractivity contribution in [2.45, 2.75) is 25.0 Å². The summed E-state index contributed by atoms with van der Waals surface area (Å²) in [5.74, 6) is -0.987. The van der Waals surface area contributed by atoms with Crippen LogP contribution in [-0.4, -0.2) is 57.7 Å². The minimum absolute atomic E-state index is 0.168. The average Bonchev–Trinajstić information content (AvgIpc) is 2.28. The second kappa shape index (κ2) is 10.00. The largest absolute Gasteiger partial charge is 0.342 e. The summed E-state index contributed by atoms with van der Waals surface area (Å²) >= 11 is 0. The van der Waals surface area contributed by atoms with Crippen LogP contribution in [0.4, 0.5) is 0 Å². The second-order valence-corrected chi connectivity index (χ2v) is 8.06. The predicted octanol–water partition coefficient (Wildman–Crippen LogP) is -1.02. The van der Waals surface area contributed by atoms with Crippen LogP contribution >= 0.6 is 15.2 Å². The van der Waals surface area contributed by atoms with E-state index < -0.39 is 21.0 Å². The summed E-state index contributed by atoms with van der Waals surface area (Å²) in [7, 11) is -8.31. The molecule has 0 fully saturated rings. The smallest absolute Gasteiger partial charge is 0.329 e. The Morgan fingerprint density at radius 3 is 2.15 bits per heavy atom. The highest BCUT2D eigenvalue weighted by Crippen LogP contribution is 2.42. The van der Waals surface area contributed by atoms with E-state index in [1.807, 2.05) is 0 Å². The van der Waals surface area contributed by atoms with Gasteiger partial charge in [-0.05, 0) is 12.8 Å². The lowest BCUT2D eigenvalue weighted by atomic mass is 10.2. The van der Waals surface area contributed by atoms with Gasteiger partial charge in [0.25, 0.3) is 0 Å². The van der Waals surface area contributed by atoms with Crippen molar-refractivity contribution in [1.29, 1.82) is 0 Å². The fourth-order valence-corrected chi connectivity index (χ4v) is 3.12. The van der Waals surface area contributed by atoms with Crippen molar-refractivity contribution < 1.29 is 28.7 Å². The van der Waals surface area contributed by atoms with Crippen LogP contribution < -0.4 is 16.4 Å². The lowest BCUT2D eigenvalue weighted by Crippen LogP contribution is -2.36. The van der Waals surface area contributed by atoms with Gasteiger partial charge in [0.15, 0.2) is 0 Å². The Bertz CT molecular complexity index is 345. The highest BCUT2D eigenvalue weighted by molar-refractivity contribution is 7.52. The van der Waals surface area contributed by atoms with Crippen LogP contribution in [0.3, 0.4) is 0 Å². The molecule has 0 rings (SSSR count). The Hall–Kier alpha value is 0.180. The van der Waals surface area contributed by atoms with Crippen LogP contribution in [0.25, 0.3) is 0 Å². The van der Waals surface area contributed by atoms with Gasteiger partial charge >= 0.3 is 15.2 Å². The van der Waals surface area contributed by atoms with E-state index in [9.17, 15) is 18.9 Å². The number of unbranched alkanes of at least 4 members (excludes halogenated alkanes) is 1. The number of hydrogen-bond donors (Lipinski definition) is 7. The van der Waals surface area contributed by atoms with Crippen molar-refractivity contribution in [3.8, 4) is 0 Å². The fourth-order valence-electron chi connectivity index (χ4n) is 1.60. The summed E-state index contributed by atoms with van der Waals surface area (Å²) in [6.07, 6.45) is 0.470. The molecule has 1 atom stereocenters. The van der Waals surface area contributed by atoms with Crippen LogP contribution in [0, 0.1) is 0 Å². The maximum atomic E-state index is 11.3. The monoisotopic (exact) mass is 333 g/mol. The number of nitrogens with two attached hydrogens (primary N) is 1. The first kappa shape index (κ1) is 20.2. The first-order valence-electron chi connectivity index (χ1n) is 6.41. The molecule has 1 unspecified atom stereocenters. The summed E-state index contributed by atoms with van der Waals surface area (Å²) in [5.41, 5.74) is 5.28. The van der Waals surface area contributed by atoms with Crippen molar-refractivity contribution in [3.05, 3.63) is 0 Å². The molecule has 0 spiro atoms. The minimum atomic E-state index is -4.27. The minimum Gasteiger partial charge on any atom is -0.329 e. The van der Waals surface area contributed by atoms with Crippen molar-refractivity contribution in [1.82, 2.24) is 10.6 Å². The van der Waals surface area contributed by atoms with Gasteiger partial charge in [-0.25, -0.2) is 0 Å². The first-order chi connectivity index (χ1) is 9.17. The van der Waals surface area contributed by atoms with E-state index in [1.165, 1.54) is 0 Å². The molecule has 0 aliphatic rings. The maximum Gasteiger partial charge on any atom is 0.342 e. The molecular formula is C9H25N3O6P2. The van der Waals surface area contributed by atoms with Gasteiger partial charge in [-0.3, -0.25) is 9.13 Å². The summed E-state index contributed by atoms with van der Waals surface area (Å²) in [6.45, 7) is 2.04. The predicted molar refractivity (Wildman–Crippen MR) is 76.5 cm³/mol. The molecule has 0 saturated carbocycles. The zero-order valence-electron chi connectivity index (χ0n) is 11.3. The molecule has 20 heavy (non-hydrogen) atoms. The Morgan fingerprint density at radius 2 is 1.65 bits per heavy atom. The maximum absolute atomic E-state index is 11.3. The molecule has 0 aromatic heterocycles. The van der Waals surface area contributed by atoms with Crippen molar-refractivity contribution in [3.63, 3.8) is 0 Å². The standard InChI is InChI=1S/C9H25N3O6P2/c10-4-5-11-6-7-12-9(20(16,17)18)3-1-2-8-19(13,14)15/h9,11-12H,1-8,10H2,(H2,13,14,15)(H2,16,17,18). The third-order valence-electron chi connectivity index (χ3n) is 2.59. The van der Waals surface area contributed by atoms with E-state index >= 15 is 0 Å². The van der Waals surface area contributed by atoms with Crippen LogP contribution in [0.2, 0.25) is 0 Å². The SMILES string of the molecule is NCCNCCNC(CCCCP(=O)(O)O)P(=O)(O)O. The van der Waals surface area contributed by atoms with Crippen molar-refractivity contribution in [2.24, 2.45) is 5.73 Å². The highest BCUT2D eigenvalue weighted by Gasteiger charge is 2.27. The van der Waals surface area contributed by atoms with Crippen LogP contribution in [0.15, 0.2) is 0 Å². The average molecular weight is 333 g/mol. The molecule has 0 radical (unpaired) electrons. The summed E-state index contributed by atoms with van der Waals surface area (Å²) in [6, 6.07) is 0. The lowest BCUT2D eigenvalue weighted by Gasteiger charge is -2.20. The Labute approximate surface area is 118 Å². The van der Waals surface area contributed by atoms with Gasteiger partial charge in [-0.2, -0.15) is 0 Å². The molecule has 0 aliphatic heterocycles. The molecular weight excluding hydrogens is 308 g/mol. The van der Waals surface area contributed by atoms with Gasteiger partial charge in [0.05, 0.1) is 0 Å². The van der Waals surface area contributed by atoms with E-state index in [2.05, 4.69) is 10.6 Å². The van der Waals surface area contributed by atoms with Gasteiger partial charge in [-0.15, -0.1) is 0 Å². The molecule has 0 bridgehead atoms. The Morgan fingerprint density at radius 1 is 1.00 bits per heavy atom. The number of hydrogen-bond acceptors (Lipinski definition) is 5. The molecule has 0 amide bonds. The molecule has 0 aliphatic carbocycles. The second-order valence-electron chi connectivity index (χ2n) is 4.48. The zero-order chi connectivity index (χ0) is 15.6. The Kier molecular flexibility index (Phi) is 10.1. The third-order valence-corrected chi connectivity index (χ3v) is 4.74. The topological polar surface area (TPSA) is 165 Å². The van der Waals surface area contributed by atoms with Crippen LogP contribution in [-0.2, 0) is 9.13 Å².